The van der Waals surface area contributed by atoms with Gasteiger partial charge in [-0.05, 0) is 56.2 Å². The van der Waals surface area contributed by atoms with Crippen molar-refractivity contribution < 1.29 is 22.7 Å². The number of aromatic nitrogens is 3. The van der Waals surface area contributed by atoms with Crippen molar-refractivity contribution >= 4 is 28.3 Å². The van der Waals surface area contributed by atoms with Crippen molar-refractivity contribution in [3.8, 4) is 5.75 Å². The van der Waals surface area contributed by atoms with Crippen LogP contribution >= 0.6 is 0 Å². The number of rotatable bonds is 1. The van der Waals surface area contributed by atoms with Crippen LogP contribution in [0.4, 0.5) is 19.0 Å². The molecule has 2 aromatic carbocycles. The fourth-order valence-corrected chi connectivity index (χ4v) is 5.13. The minimum absolute atomic E-state index is 0.271. The number of benzene rings is 2. The van der Waals surface area contributed by atoms with Crippen molar-refractivity contribution in [2.45, 2.75) is 38.1 Å². The van der Waals surface area contributed by atoms with Crippen LogP contribution in [0.25, 0.3) is 16.6 Å². The lowest BCUT2D eigenvalue weighted by Gasteiger charge is -2.36. The monoisotopic (exact) mass is 467 g/mol. The minimum Gasteiger partial charge on any atom is -0.488 e. The normalized spacial score (nSPS) is 19.8. The summed E-state index contributed by atoms with van der Waals surface area (Å²) < 4.78 is 47.8. The number of carbonyl (C=O) groups excluding carboxylic acids is 1. The van der Waals surface area contributed by atoms with Crippen LogP contribution < -0.4 is 10.5 Å². The number of piperidine rings is 1. The molecule has 174 valence electrons. The first-order valence-corrected chi connectivity index (χ1v) is 10.9. The first-order chi connectivity index (χ1) is 16.2. The molecule has 1 fully saturated rings. The summed E-state index contributed by atoms with van der Waals surface area (Å²) in [6.07, 6.45) is -1.85. The summed E-state index contributed by atoms with van der Waals surface area (Å²) in [5.41, 5.74) is 8.83. The smallest absolute Gasteiger partial charge is 0.416 e. The van der Waals surface area contributed by atoms with E-state index < -0.39 is 17.8 Å². The van der Waals surface area contributed by atoms with Crippen LogP contribution in [0.5, 0.6) is 5.75 Å². The van der Waals surface area contributed by atoms with E-state index in [4.69, 9.17) is 10.5 Å². The molecule has 2 aliphatic heterocycles. The molecular weight excluding hydrogens is 447 g/mol. The van der Waals surface area contributed by atoms with Crippen LogP contribution in [0.3, 0.4) is 0 Å². The highest BCUT2D eigenvalue weighted by Crippen LogP contribution is 2.46. The van der Waals surface area contributed by atoms with Gasteiger partial charge in [-0.25, -0.2) is 9.97 Å². The van der Waals surface area contributed by atoms with Gasteiger partial charge >= 0.3 is 6.18 Å². The summed E-state index contributed by atoms with van der Waals surface area (Å²) in [4.78, 5) is 24.0. The summed E-state index contributed by atoms with van der Waals surface area (Å²) in [5, 5.41) is 0. The second-order valence-electron chi connectivity index (χ2n) is 8.74. The van der Waals surface area contributed by atoms with Crippen LogP contribution in [0, 0.1) is 6.92 Å². The van der Waals surface area contributed by atoms with Crippen LogP contribution in [0.1, 0.15) is 46.1 Å². The summed E-state index contributed by atoms with van der Waals surface area (Å²) >= 11 is 0. The Morgan fingerprint density at radius 3 is 2.82 bits per heavy atom. The quantitative estimate of drug-likeness (QED) is 0.445. The number of likely N-dealkylation sites (tertiary alicyclic amines) is 1. The maximum atomic E-state index is 13.7. The third-order valence-corrected chi connectivity index (χ3v) is 6.69. The first kappa shape index (κ1) is 20.8. The number of alkyl halides is 3. The zero-order valence-electron chi connectivity index (χ0n) is 18.1. The highest BCUT2D eigenvalue weighted by atomic mass is 19.4. The van der Waals surface area contributed by atoms with E-state index in [1.54, 1.807) is 33.8 Å². The number of hydrogen-bond donors (Lipinski definition) is 1. The number of imidazole rings is 1. The second-order valence-corrected chi connectivity index (χ2v) is 8.74. The van der Waals surface area contributed by atoms with E-state index in [0.717, 1.165) is 17.8 Å². The summed E-state index contributed by atoms with van der Waals surface area (Å²) in [7, 11) is 0. The number of amides is 1. The lowest BCUT2D eigenvalue weighted by molar-refractivity contribution is -0.137. The number of anilines is 1. The number of hydrogen-bond acceptors (Lipinski definition) is 5. The van der Waals surface area contributed by atoms with Gasteiger partial charge in [-0.3, -0.25) is 9.20 Å². The number of nitrogen functional groups attached to an aromatic ring is 1. The van der Waals surface area contributed by atoms with Crippen LogP contribution in [-0.4, -0.2) is 37.8 Å². The molecule has 0 spiro atoms. The van der Waals surface area contributed by atoms with Gasteiger partial charge < -0.3 is 15.4 Å². The zero-order valence-corrected chi connectivity index (χ0v) is 18.1. The van der Waals surface area contributed by atoms with E-state index >= 15 is 0 Å². The number of nitrogens with zero attached hydrogens (tertiary/aromatic N) is 4. The van der Waals surface area contributed by atoms with Crippen molar-refractivity contribution in [1.29, 1.82) is 0 Å². The van der Waals surface area contributed by atoms with Gasteiger partial charge in [0.25, 0.3) is 5.91 Å². The Kier molecular flexibility index (Phi) is 4.33. The number of carbonyl (C=O) groups is 1. The summed E-state index contributed by atoms with van der Waals surface area (Å²) in [5.74, 6) is 0.476. The highest BCUT2D eigenvalue weighted by molar-refractivity contribution is 5.98. The first-order valence-electron chi connectivity index (χ1n) is 10.9. The number of ether oxygens (including phenoxy) is 1. The molecule has 2 aromatic heterocycles. The van der Waals surface area contributed by atoms with Gasteiger partial charge in [0.05, 0.1) is 28.3 Å². The molecule has 0 unspecified atom stereocenters. The minimum atomic E-state index is -4.47. The molecule has 0 aliphatic carbocycles. The van der Waals surface area contributed by atoms with E-state index in [1.165, 1.54) is 6.07 Å². The summed E-state index contributed by atoms with van der Waals surface area (Å²) in [6, 6.07) is 8.01. The van der Waals surface area contributed by atoms with E-state index in [0.29, 0.717) is 58.6 Å². The fourth-order valence-electron chi connectivity index (χ4n) is 5.13. The predicted octanol–water partition coefficient (Wildman–Crippen LogP) is 4.53. The average molecular weight is 467 g/mol. The Labute approximate surface area is 192 Å². The molecular formula is C24H20F3N5O2. The Morgan fingerprint density at radius 2 is 2.03 bits per heavy atom. The van der Waals surface area contributed by atoms with Gasteiger partial charge in [-0.2, -0.15) is 13.2 Å². The van der Waals surface area contributed by atoms with Crippen LogP contribution in [0.15, 0.2) is 42.7 Å². The SMILES string of the molecule is Cc1ncn2c1c(N)nc1ccc(C(=O)N3CCC[C@@H]4Oc5ccc(C(F)(F)F)cc5[C@@H]43)cc12. The zero-order chi connectivity index (χ0) is 23.8. The van der Waals surface area contributed by atoms with Crippen molar-refractivity contribution in [1.82, 2.24) is 19.3 Å². The molecule has 4 heterocycles. The van der Waals surface area contributed by atoms with Gasteiger partial charge in [0.1, 0.15) is 29.5 Å². The van der Waals surface area contributed by atoms with Crippen LogP contribution in [0.2, 0.25) is 0 Å². The Hall–Kier alpha value is -3.82. The van der Waals surface area contributed by atoms with E-state index in [-0.39, 0.29) is 12.0 Å². The van der Waals surface area contributed by atoms with Crippen molar-refractivity contribution in [3.63, 3.8) is 0 Å². The molecule has 10 heteroatoms. The van der Waals surface area contributed by atoms with E-state index in [9.17, 15) is 18.0 Å². The number of halogens is 3. The van der Waals surface area contributed by atoms with Gasteiger partial charge in [-0.15, -0.1) is 0 Å². The van der Waals surface area contributed by atoms with Crippen LogP contribution in [-0.2, 0) is 6.18 Å². The Morgan fingerprint density at radius 1 is 1.21 bits per heavy atom. The number of nitrogens with two attached hydrogens (primary N) is 1. The lowest BCUT2D eigenvalue weighted by Crippen LogP contribution is -2.44. The van der Waals surface area contributed by atoms with Gasteiger partial charge in [0, 0.05) is 17.7 Å². The molecule has 0 radical (unpaired) electrons. The standard InChI is InChI=1S/C24H20F3N5O2/c1-12-20-22(28)30-16-6-4-13(9-17(16)32(20)11-29-12)23(33)31-8-2-3-19-21(31)15-10-14(24(25,26)27)5-7-18(15)34-19/h4-7,9-11,19,21H,2-3,8H2,1H3,(H2,28,30)/t19-,21-/m0/s1. The van der Waals surface area contributed by atoms with Crippen molar-refractivity contribution in [3.05, 3.63) is 65.1 Å². The van der Waals surface area contributed by atoms with E-state index in [1.807, 2.05) is 6.92 Å². The van der Waals surface area contributed by atoms with E-state index in [2.05, 4.69) is 9.97 Å². The fraction of sp³-hybridized carbons (Fsp3) is 0.292. The highest BCUT2D eigenvalue weighted by Gasteiger charge is 2.44. The molecule has 1 saturated heterocycles. The molecule has 4 aromatic rings. The third kappa shape index (κ3) is 3.01. The molecule has 0 bridgehead atoms. The van der Waals surface area contributed by atoms with Gasteiger partial charge in [-0.1, -0.05) is 0 Å². The molecule has 0 saturated carbocycles. The maximum absolute atomic E-state index is 13.7. The largest absolute Gasteiger partial charge is 0.488 e. The van der Waals surface area contributed by atoms with Crippen molar-refractivity contribution in [2.24, 2.45) is 0 Å². The summed E-state index contributed by atoms with van der Waals surface area (Å²) in [6.45, 7) is 2.26. The molecule has 2 atom stereocenters. The molecule has 34 heavy (non-hydrogen) atoms. The number of fused-ring (bicyclic) bond motifs is 6. The average Bonchev–Trinajstić information content (AvgIpc) is 3.38. The molecule has 7 nitrogen and oxygen atoms in total. The molecule has 6 rings (SSSR count). The van der Waals surface area contributed by atoms with Gasteiger partial charge in [0.15, 0.2) is 0 Å². The number of aryl methyl sites for hydroxylation is 1. The Bertz CT molecular complexity index is 1480. The van der Waals surface area contributed by atoms with Gasteiger partial charge in [0.2, 0.25) is 0 Å². The third-order valence-electron chi connectivity index (χ3n) is 6.69. The lowest BCUT2D eigenvalue weighted by atomic mass is 9.92. The second kappa shape index (κ2) is 7.09. The van der Waals surface area contributed by atoms with Crippen molar-refractivity contribution in [2.75, 3.05) is 12.3 Å². The molecule has 2 aliphatic rings. The molecule has 2 N–H and O–H groups in total. The topological polar surface area (TPSA) is 85.8 Å². The molecule has 1 amide bonds. The maximum Gasteiger partial charge on any atom is 0.416 e. The predicted molar refractivity (Wildman–Crippen MR) is 119 cm³/mol. The Balaban J connectivity index is 1.43.